The molecule has 1 atom stereocenters. The molecule has 1 aliphatic heterocycles. The van der Waals surface area contributed by atoms with E-state index in [9.17, 15) is 5.11 Å². The molecular formula is C21H35NO4. The van der Waals surface area contributed by atoms with Gasteiger partial charge < -0.3 is 19.3 Å². The molecule has 1 aliphatic rings. The number of nitrogens with zero attached hydrogens (tertiary/aromatic N) is 1. The van der Waals surface area contributed by atoms with Gasteiger partial charge in [0.2, 0.25) is 0 Å². The molecule has 0 bridgehead atoms. The maximum atomic E-state index is 10.5. The normalized spacial score (nSPS) is 20.6. The highest BCUT2D eigenvalue weighted by atomic mass is 16.5. The Balaban J connectivity index is 1.92. The first kappa shape index (κ1) is 21.0. The second-order valence-electron chi connectivity index (χ2n) is 8.44. The lowest BCUT2D eigenvalue weighted by molar-refractivity contribution is -0.0715. The smallest absolute Gasteiger partial charge is 0.124 e. The largest absolute Gasteiger partial charge is 0.497 e. The molecule has 0 amide bonds. The molecule has 1 fully saturated rings. The molecule has 0 radical (unpaired) electrons. The molecule has 0 aliphatic carbocycles. The van der Waals surface area contributed by atoms with Crippen molar-refractivity contribution in [3.05, 3.63) is 23.8 Å². The van der Waals surface area contributed by atoms with E-state index in [1.807, 2.05) is 18.2 Å². The molecule has 1 heterocycles. The topological polar surface area (TPSA) is 51.2 Å². The van der Waals surface area contributed by atoms with Gasteiger partial charge in [-0.1, -0.05) is 0 Å². The van der Waals surface area contributed by atoms with Crippen LogP contribution in [-0.4, -0.2) is 54.6 Å². The van der Waals surface area contributed by atoms with Crippen molar-refractivity contribution < 1.29 is 19.3 Å². The van der Waals surface area contributed by atoms with Crippen LogP contribution in [0.25, 0.3) is 0 Å². The summed E-state index contributed by atoms with van der Waals surface area (Å²) in [5.41, 5.74) is 1.11. The van der Waals surface area contributed by atoms with Gasteiger partial charge in [0.05, 0.1) is 33.5 Å². The third-order valence-corrected chi connectivity index (χ3v) is 5.49. The van der Waals surface area contributed by atoms with E-state index >= 15 is 0 Å². The summed E-state index contributed by atoms with van der Waals surface area (Å²) in [5, 5.41) is 10.5. The van der Waals surface area contributed by atoms with E-state index in [1.54, 1.807) is 14.2 Å². The molecule has 0 saturated carbocycles. The fourth-order valence-corrected chi connectivity index (χ4v) is 4.10. The lowest BCUT2D eigenvalue weighted by atomic mass is 9.79. The Hall–Kier alpha value is -1.30. The van der Waals surface area contributed by atoms with Gasteiger partial charge in [-0.25, -0.2) is 0 Å². The first-order chi connectivity index (χ1) is 12.2. The van der Waals surface area contributed by atoms with Crippen molar-refractivity contribution in [1.82, 2.24) is 4.90 Å². The number of β-amino-alcohol motifs (C(OH)–C–C–N with tert-alkyl or cyclic N) is 1. The molecule has 1 aromatic carbocycles. The molecule has 1 saturated heterocycles. The Morgan fingerprint density at radius 3 is 2.31 bits per heavy atom. The van der Waals surface area contributed by atoms with Gasteiger partial charge in [0, 0.05) is 23.2 Å². The minimum absolute atomic E-state index is 0.0960. The summed E-state index contributed by atoms with van der Waals surface area (Å²) in [5.74, 6) is 1.53. The highest BCUT2D eigenvalue weighted by molar-refractivity contribution is 5.39. The van der Waals surface area contributed by atoms with Gasteiger partial charge in [0.15, 0.2) is 0 Å². The molecule has 1 aromatic rings. The summed E-state index contributed by atoms with van der Waals surface area (Å²) in [6.45, 7) is 10.4. The summed E-state index contributed by atoms with van der Waals surface area (Å²) in [6.07, 6.45) is 3.03. The number of benzene rings is 1. The van der Waals surface area contributed by atoms with Crippen molar-refractivity contribution in [3.8, 4) is 11.5 Å². The average Bonchev–Trinajstić information content (AvgIpc) is 2.57. The lowest BCUT2D eigenvalue weighted by Crippen LogP contribution is -2.60. The lowest BCUT2D eigenvalue weighted by Gasteiger charge is -2.53. The molecule has 2 rings (SSSR count). The number of aliphatic hydroxyl groups is 1. The third kappa shape index (κ3) is 5.12. The van der Waals surface area contributed by atoms with E-state index < -0.39 is 6.10 Å². The van der Waals surface area contributed by atoms with Crippen LogP contribution >= 0.6 is 0 Å². The van der Waals surface area contributed by atoms with Crippen LogP contribution in [0.1, 0.15) is 52.5 Å². The van der Waals surface area contributed by atoms with E-state index in [4.69, 9.17) is 14.2 Å². The monoisotopic (exact) mass is 365 g/mol. The summed E-state index contributed by atoms with van der Waals surface area (Å²) >= 11 is 0. The van der Waals surface area contributed by atoms with Gasteiger partial charge in [-0.05, 0) is 65.2 Å². The Morgan fingerprint density at radius 2 is 1.73 bits per heavy atom. The second kappa shape index (κ2) is 8.59. The van der Waals surface area contributed by atoms with Crippen molar-refractivity contribution >= 4 is 0 Å². The molecule has 5 heteroatoms. The van der Waals surface area contributed by atoms with Crippen LogP contribution in [0.3, 0.4) is 0 Å². The van der Waals surface area contributed by atoms with Gasteiger partial charge in [-0.2, -0.15) is 0 Å². The van der Waals surface area contributed by atoms with Gasteiger partial charge in [0.25, 0.3) is 0 Å². The Labute approximate surface area is 158 Å². The maximum absolute atomic E-state index is 10.5. The molecule has 0 spiro atoms. The Morgan fingerprint density at radius 1 is 1.08 bits per heavy atom. The van der Waals surface area contributed by atoms with E-state index in [0.29, 0.717) is 19.8 Å². The number of aliphatic hydroxyl groups excluding tert-OH is 1. The van der Waals surface area contributed by atoms with E-state index in [-0.39, 0.29) is 11.1 Å². The summed E-state index contributed by atoms with van der Waals surface area (Å²) in [4.78, 5) is 2.43. The van der Waals surface area contributed by atoms with Crippen molar-refractivity contribution in [2.45, 2.75) is 70.7 Å². The quantitative estimate of drug-likeness (QED) is 0.762. The van der Waals surface area contributed by atoms with E-state index in [2.05, 4.69) is 32.6 Å². The van der Waals surface area contributed by atoms with Crippen LogP contribution in [-0.2, 0) is 11.3 Å². The van der Waals surface area contributed by atoms with Crippen molar-refractivity contribution in [3.63, 3.8) is 0 Å². The zero-order chi connectivity index (χ0) is 19.4. The number of hydrogen-bond acceptors (Lipinski definition) is 5. The van der Waals surface area contributed by atoms with Crippen molar-refractivity contribution in [2.24, 2.45) is 0 Å². The average molecular weight is 366 g/mol. The fraction of sp³-hybridized carbons (Fsp3) is 0.714. The van der Waals surface area contributed by atoms with Crippen LogP contribution in [0.15, 0.2) is 18.2 Å². The standard InChI is InChI=1S/C21H35NO4/c1-20(2)10-7-11-21(3,4)22(20)13-17(23)15-26-14-16-12-18(24-5)8-9-19(16)25-6/h8-9,12,17,23H,7,10-11,13-15H2,1-6H3/t17-/m1/s1. The summed E-state index contributed by atoms with van der Waals surface area (Å²) in [6, 6.07) is 5.63. The van der Waals surface area contributed by atoms with Crippen LogP contribution in [0, 0.1) is 0 Å². The third-order valence-electron chi connectivity index (χ3n) is 5.49. The van der Waals surface area contributed by atoms with Crippen LogP contribution in [0.5, 0.6) is 11.5 Å². The SMILES string of the molecule is COc1ccc(OC)c(COC[C@H](O)CN2C(C)(C)CCCC2(C)C)c1. The number of methoxy groups -OCH3 is 2. The zero-order valence-electron chi connectivity index (χ0n) is 17.2. The number of piperidine rings is 1. The maximum Gasteiger partial charge on any atom is 0.124 e. The molecule has 1 N–H and O–H groups in total. The van der Waals surface area contributed by atoms with Crippen LogP contribution in [0.2, 0.25) is 0 Å². The molecule has 5 nitrogen and oxygen atoms in total. The van der Waals surface area contributed by atoms with Crippen LogP contribution in [0.4, 0.5) is 0 Å². The fourth-order valence-electron chi connectivity index (χ4n) is 4.10. The molecular weight excluding hydrogens is 330 g/mol. The zero-order valence-corrected chi connectivity index (χ0v) is 17.2. The summed E-state index contributed by atoms with van der Waals surface area (Å²) < 4.78 is 16.4. The van der Waals surface area contributed by atoms with Gasteiger partial charge in [-0.15, -0.1) is 0 Å². The van der Waals surface area contributed by atoms with Gasteiger partial charge in [0.1, 0.15) is 11.5 Å². The number of likely N-dealkylation sites (tertiary alicyclic amines) is 1. The number of ether oxygens (including phenoxy) is 3. The second-order valence-corrected chi connectivity index (χ2v) is 8.44. The predicted molar refractivity (Wildman–Crippen MR) is 104 cm³/mol. The van der Waals surface area contributed by atoms with E-state index in [0.717, 1.165) is 29.9 Å². The minimum atomic E-state index is -0.525. The number of hydrogen-bond donors (Lipinski definition) is 1. The minimum Gasteiger partial charge on any atom is -0.497 e. The predicted octanol–water partition coefficient (Wildman–Crippen LogP) is 3.62. The molecule has 0 aromatic heterocycles. The highest BCUT2D eigenvalue weighted by Crippen LogP contribution is 2.38. The Kier molecular flexibility index (Phi) is 6.94. The van der Waals surface area contributed by atoms with Crippen molar-refractivity contribution in [2.75, 3.05) is 27.4 Å². The Bertz CT molecular complexity index is 569. The number of rotatable bonds is 8. The van der Waals surface area contributed by atoms with Gasteiger partial charge in [-0.3, -0.25) is 4.90 Å². The first-order valence-electron chi connectivity index (χ1n) is 9.44. The highest BCUT2D eigenvalue weighted by Gasteiger charge is 2.41. The first-order valence-corrected chi connectivity index (χ1v) is 9.44. The molecule has 148 valence electrons. The molecule has 26 heavy (non-hydrogen) atoms. The van der Waals surface area contributed by atoms with Gasteiger partial charge >= 0.3 is 0 Å². The van der Waals surface area contributed by atoms with E-state index in [1.165, 1.54) is 6.42 Å². The van der Waals surface area contributed by atoms with Crippen LogP contribution < -0.4 is 9.47 Å². The molecule has 0 unspecified atom stereocenters. The van der Waals surface area contributed by atoms with Crippen molar-refractivity contribution in [1.29, 1.82) is 0 Å². The summed E-state index contributed by atoms with van der Waals surface area (Å²) in [7, 11) is 3.28.